The lowest BCUT2D eigenvalue weighted by Crippen LogP contribution is -2.44. The predicted molar refractivity (Wildman–Crippen MR) is 115 cm³/mol. The fourth-order valence-electron chi connectivity index (χ4n) is 3.88. The van der Waals surface area contributed by atoms with Gasteiger partial charge in [0.25, 0.3) is 0 Å². The summed E-state index contributed by atoms with van der Waals surface area (Å²) in [6, 6.07) is 9.18. The Morgan fingerprint density at radius 1 is 1.24 bits per heavy atom. The van der Waals surface area contributed by atoms with Gasteiger partial charge in [-0.15, -0.1) is 0 Å². The van der Waals surface area contributed by atoms with Crippen molar-refractivity contribution >= 4 is 21.4 Å². The molecule has 1 aromatic heterocycles. The van der Waals surface area contributed by atoms with Crippen molar-refractivity contribution in [1.82, 2.24) is 14.7 Å². The fourth-order valence-corrected chi connectivity index (χ4v) is 5.58. The first-order valence-electron chi connectivity index (χ1n) is 9.88. The molecule has 1 saturated heterocycles. The van der Waals surface area contributed by atoms with Gasteiger partial charge in [-0.3, -0.25) is 14.4 Å². The van der Waals surface area contributed by atoms with Gasteiger partial charge in [0, 0.05) is 30.5 Å². The third-order valence-electron chi connectivity index (χ3n) is 5.93. The van der Waals surface area contributed by atoms with E-state index in [-0.39, 0.29) is 29.5 Å². The number of sulfone groups is 1. The zero-order valence-electron chi connectivity index (χ0n) is 17.8. The molecule has 0 aliphatic carbocycles. The number of hydrogen-bond donors (Lipinski definition) is 0. The number of rotatable bonds is 6. The molecule has 1 amide bonds. The number of aryl methyl sites for hydroxylation is 1. The molecule has 3 rings (SSSR count). The minimum Gasteiger partial charge on any atom is -0.314 e. The number of likely N-dealkylation sites (N-methyl/N-ethyl adjacent to an activating group) is 2. The van der Waals surface area contributed by atoms with E-state index in [1.54, 1.807) is 11.9 Å². The second-order valence-corrected chi connectivity index (χ2v) is 10.2. The van der Waals surface area contributed by atoms with Crippen molar-refractivity contribution < 1.29 is 13.2 Å². The summed E-state index contributed by atoms with van der Waals surface area (Å²) in [5, 5.41) is 4.63. The van der Waals surface area contributed by atoms with Gasteiger partial charge >= 0.3 is 0 Å². The van der Waals surface area contributed by atoms with Gasteiger partial charge in [-0.25, -0.2) is 8.42 Å². The van der Waals surface area contributed by atoms with Gasteiger partial charge in [-0.1, -0.05) is 18.2 Å². The summed E-state index contributed by atoms with van der Waals surface area (Å²) >= 11 is 0. The van der Waals surface area contributed by atoms with Gasteiger partial charge in [0.1, 0.15) is 0 Å². The molecule has 7 nitrogen and oxygen atoms in total. The number of carbonyl (C=O) groups excluding carboxylic acids is 1. The van der Waals surface area contributed by atoms with Crippen LogP contribution in [0.4, 0.5) is 5.69 Å². The second-order valence-electron chi connectivity index (χ2n) is 7.97. The Morgan fingerprint density at radius 3 is 2.48 bits per heavy atom. The number of amides is 1. The lowest BCUT2D eigenvalue weighted by atomic mass is 10.1. The quantitative estimate of drug-likeness (QED) is 0.720. The number of nitrogens with zero attached hydrogens (tertiary/aromatic N) is 4. The summed E-state index contributed by atoms with van der Waals surface area (Å²) in [5.74, 6) is 0.396. The molecule has 1 aliphatic heterocycles. The highest BCUT2D eigenvalue weighted by Gasteiger charge is 2.32. The van der Waals surface area contributed by atoms with Crippen molar-refractivity contribution in [2.75, 3.05) is 30.5 Å². The maximum Gasteiger partial charge on any atom is 0.243 e. The monoisotopic (exact) mass is 418 g/mol. The zero-order chi connectivity index (χ0) is 21.3. The maximum absolute atomic E-state index is 12.9. The van der Waals surface area contributed by atoms with Crippen LogP contribution < -0.4 is 4.90 Å². The molecular formula is C21H30N4O3S. The minimum atomic E-state index is -2.97. The van der Waals surface area contributed by atoms with E-state index in [2.05, 4.69) is 5.10 Å². The van der Waals surface area contributed by atoms with Crippen LogP contribution in [-0.2, 0) is 21.2 Å². The molecule has 2 atom stereocenters. The third-order valence-corrected chi connectivity index (χ3v) is 7.68. The first kappa shape index (κ1) is 21.5. The number of benzene rings is 1. The summed E-state index contributed by atoms with van der Waals surface area (Å²) in [7, 11) is 0.748. The lowest BCUT2D eigenvalue weighted by molar-refractivity contribution is -0.122. The predicted octanol–water partition coefficient (Wildman–Crippen LogP) is 2.34. The van der Waals surface area contributed by atoms with Crippen LogP contribution in [0.1, 0.15) is 36.3 Å². The van der Waals surface area contributed by atoms with E-state index < -0.39 is 9.84 Å². The molecule has 8 heteroatoms. The highest BCUT2D eigenvalue weighted by Crippen LogP contribution is 2.27. The third kappa shape index (κ3) is 4.53. The molecule has 2 heterocycles. The molecule has 0 saturated carbocycles. The number of hydrogen-bond acceptors (Lipinski definition) is 5. The highest BCUT2D eigenvalue weighted by molar-refractivity contribution is 7.91. The van der Waals surface area contributed by atoms with Crippen LogP contribution in [0.5, 0.6) is 0 Å². The Bertz CT molecular complexity index is 985. The fraction of sp³-hybridized carbons (Fsp3) is 0.524. The smallest absolute Gasteiger partial charge is 0.243 e. The van der Waals surface area contributed by atoms with Gasteiger partial charge in [-0.2, -0.15) is 5.10 Å². The maximum atomic E-state index is 12.9. The molecule has 0 radical (unpaired) electrons. The van der Waals surface area contributed by atoms with E-state index >= 15 is 0 Å². The van der Waals surface area contributed by atoms with Crippen molar-refractivity contribution in [3.63, 3.8) is 0 Å². The van der Waals surface area contributed by atoms with Crippen LogP contribution in [0, 0.1) is 13.8 Å². The SMILES string of the molecule is Cc1nn([C@@H]2CCS(=O)(=O)C2)c(C)c1CN(C)[C@@H](C)C(=O)N(C)c1ccccc1. The lowest BCUT2D eigenvalue weighted by Gasteiger charge is -2.28. The number of para-hydroxylation sites is 1. The van der Waals surface area contributed by atoms with Crippen molar-refractivity contribution in [3.8, 4) is 0 Å². The molecule has 1 aliphatic rings. The van der Waals surface area contributed by atoms with E-state index in [0.717, 1.165) is 22.6 Å². The summed E-state index contributed by atoms with van der Waals surface area (Å²) < 4.78 is 25.6. The normalized spacial score (nSPS) is 19.4. The average Bonchev–Trinajstić information content (AvgIpc) is 3.20. The van der Waals surface area contributed by atoms with E-state index in [1.807, 2.05) is 67.7 Å². The van der Waals surface area contributed by atoms with Crippen LogP contribution in [0.15, 0.2) is 30.3 Å². The van der Waals surface area contributed by atoms with Crippen LogP contribution in [0.25, 0.3) is 0 Å². The van der Waals surface area contributed by atoms with Crippen LogP contribution in [0.3, 0.4) is 0 Å². The van der Waals surface area contributed by atoms with E-state index in [1.165, 1.54) is 0 Å². The summed E-state index contributed by atoms with van der Waals surface area (Å²) in [6.45, 7) is 6.41. The van der Waals surface area contributed by atoms with E-state index in [0.29, 0.717) is 13.0 Å². The van der Waals surface area contributed by atoms with E-state index in [9.17, 15) is 13.2 Å². The summed E-state index contributed by atoms with van der Waals surface area (Å²) in [5.41, 5.74) is 3.78. The Kier molecular flexibility index (Phi) is 6.14. The Labute approximate surface area is 173 Å². The summed E-state index contributed by atoms with van der Waals surface area (Å²) in [4.78, 5) is 16.6. The van der Waals surface area contributed by atoms with Crippen LogP contribution in [0.2, 0.25) is 0 Å². The second kappa shape index (κ2) is 8.28. The van der Waals surface area contributed by atoms with Crippen molar-refractivity contribution in [3.05, 3.63) is 47.3 Å². The number of carbonyl (C=O) groups is 1. The highest BCUT2D eigenvalue weighted by atomic mass is 32.2. The molecule has 2 aromatic rings. The number of anilines is 1. The van der Waals surface area contributed by atoms with Gasteiger partial charge in [-0.05, 0) is 46.4 Å². The molecule has 0 N–H and O–H groups in total. The standard InChI is InChI=1S/C21H30N4O3S/c1-15-20(16(2)25(22-15)19-11-12-29(27,28)14-19)13-23(4)17(3)21(26)24(5)18-9-7-6-8-10-18/h6-10,17,19H,11-14H2,1-5H3/t17-,19+/m0/s1. The molecular weight excluding hydrogens is 388 g/mol. The largest absolute Gasteiger partial charge is 0.314 e. The Hall–Kier alpha value is -2.19. The first-order valence-corrected chi connectivity index (χ1v) is 11.7. The van der Waals surface area contributed by atoms with Gasteiger partial charge in [0.15, 0.2) is 9.84 Å². The molecule has 158 valence electrons. The van der Waals surface area contributed by atoms with Gasteiger partial charge in [0.2, 0.25) is 5.91 Å². The van der Waals surface area contributed by atoms with Crippen LogP contribution >= 0.6 is 0 Å². The Morgan fingerprint density at radius 2 is 1.90 bits per heavy atom. The van der Waals surface area contributed by atoms with Gasteiger partial charge < -0.3 is 4.90 Å². The minimum absolute atomic E-state index is 0.0169. The topological polar surface area (TPSA) is 75.5 Å². The Balaban J connectivity index is 1.73. The summed E-state index contributed by atoms with van der Waals surface area (Å²) in [6.07, 6.45) is 0.607. The molecule has 1 fully saturated rings. The zero-order valence-corrected chi connectivity index (χ0v) is 18.6. The van der Waals surface area contributed by atoms with Crippen molar-refractivity contribution in [1.29, 1.82) is 0 Å². The molecule has 1 aromatic carbocycles. The molecule has 0 spiro atoms. The van der Waals surface area contributed by atoms with Crippen molar-refractivity contribution in [2.24, 2.45) is 0 Å². The van der Waals surface area contributed by atoms with E-state index in [4.69, 9.17) is 0 Å². The molecule has 0 bridgehead atoms. The van der Waals surface area contributed by atoms with Gasteiger partial charge in [0.05, 0.1) is 29.3 Å². The number of aromatic nitrogens is 2. The molecule has 0 unspecified atom stereocenters. The average molecular weight is 419 g/mol. The first-order chi connectivity index (χ1) is 13.6. The van der Waals surface area contributed by atoms with Crippen molar-refractivity contribution in [2.45, 2.75) is 45.8 Å². The van der Waals surface area contributed by atoms with Crippen LogP contribution in [-0.4, -0.2) is 60.6 Å². The molecule has 29 heavy (non-hydrogen) atoms.